The Bertz CT molecular complexity index is 337. The molecular weight excluding hydrogens is 274 g/mol. The minimum absolute atomic E-state index is 0.827. The summed E-state index contributed by atoms with van der Waals surface area (Å²) in [5.74, 6) is 0. The first-order chi connectivity index (χ1) is 7.17. The van der Waals surface area contributed by atoms with Crippen LogP contribution in [0.3, 0.4) is 0 Å². The lowest BCUT2D eigenvalue weighted by atomic mass is 10.3. The van der Waals surface area contributed by atoms with E-state index in [1.807, 2.05) is 32.6 Å². The van der Waals surface area contributed by atoms with E-state index in [0.29, 0.717) is 0 Å². The number of amidine groups is 1. The molecule has 82 valence electrons. The Balaban J connectivity index is 2.65. The number of hydrogen-bond donors (Lipinski definition) is 0. The number of pyridine rings is 1. The molecule has 0 radical (unpaired) electrons. The highest BCUT2D eigenvalue weighted by atomic mass is 79.9. The van der Waals surface area contributed by atoms with Gasteiger partial charge in [0.25, 0.3) is 0 Å². The van der Waals surface area contributed by atoms with Crippen LogP contribution in [0.2, 0.25) is 0 Å². The molecule has 0 aliphatic carbocycles. The third kappa shape index (κ3) is 3.83. The van der Waals surface area contributed by atoms with Crippen molar-refractivity contribution in [3.05, 3.63) is 28.5 Å². The van der Waals surface area contributed by atoms with Crippen LogP contribution in [0, 0.1) is 0 Å². The standard InChI is InChI=1S/C10H14BrN3S/c1-12-10(15-3)14(2)7-8-4-5-9(11)13-6-8/h4-6H,7H2,1-3H3/b12-10-. The van der Waals surface area contributed by atoms with Crippen molar-refractivity contribution in [3.8, 4) is 0 Å². The zero-order valence-corrected chi connectivity index (χ0v) is 11.5. The molecule has 15 heavy (non-hydrogen) atoms. The number of halogens is 1. The van der Waals surface area contributed by atoms with Gasteiger partial charge in [0.05, 0.1) is 0 Å². The maximum atomic E-state index is 4.20. The molecule has 5 heteroatoms. The van der Waals surface area contributed by atoms with Gasteiger partial charge in [-0.05, 0) is 33.8 Å². The summed E-state index contributed by atoms with van der Waals surface area (Å²) in [5.41, 5.74) is 1.18. The van der Waals surface area contributed by atoms with Gasteiger partial charge in [-0.25, -0.2) is 4.98 Å². The Labute approximate surface area is 103 Å². The highest BCUT2D eigenvalue weighted by Crippen LogP contribution is 2.10. The maximum absolute atomic E-state index is 4.20. The summed E-state index contributed by atoms with van der Waals surface area (Å²) in [4.78, 5) is 10.5. The number of aliphatic imine (C=N–C) groups is 1. The van der Waals surface area contributed by atoms with Gasteiger partial charge in [-0.15, -0.1) is 0 Å². The predicted molar refractivity (Wildman–Crippen MR) is 70.3 cm³/mol. The van der Waals surface area contributed by atoms with E-state index in [-0.39, 0.29) is 0 Å². The molecule has 0 spiro atoms. The highest BCUT2D eigenvalue weighted by molar-refractivity contribution is 9.10. The van der Waals surface area contributed by atoms with Crippen molar-refractivity contribution < 1.29 is 0 Å². The molecule has 0 aliphatic heterocycles. The number of hydrogen-bond acceptors (Lipinski definition) is 3. The summed E-state index contributed by atoms with van der Waals surface area (Å²) in [6, 6.07) is 4.01. The first-order valence-corrected chi connectivity index (χ1v) is 6.51. The van der Waals surface area contributed by atoms with Gasteiger partial charge in [0.2, 0.25) is 0 Å². The lowest BCUT2D eigenvalue weighted by Gasteiger charge is -2.19. The molecule has 0 N–H and O–H groups in total. The molecule has 1 aromatic heterocycles. The van der Waals surface area contributed by atoms with E-state index in [1.54, 1.807) is 11.8 Å². The molecule has 3 nitrogen and oxygen atoms in total. The number of nitrogens with zero attached hydrogens (tertiary/aromatic N) is 3. The third-order valence-electron chi connectivity index (χ3n) is 1.91. The van der Waals surface area contributed by atoms with Crippen LogP contribution < -0.4 is 0 Å². The molecule has 0 atom stereocenters. The summed E-state index contributed by atoms with van der Waals surface area (Å²) >= 11 is 4.96. The van der Waals surface area contributed by atoms with Gasteiger partial charge in [0.15, 0.2) is 5.17 Å². The molecular formula is C10H14BrN3S. The lowest BCUT2D eigenvalue weighted by molar-refractivity contribution is 0.509. The van der Waals surface area contributed by atoms with Crippen LogP contribution in [0.1, 0.15) is 5.56 Å². The maximum Gasteiger partial charge on any atom is 0.158 e. The molecule has 0 saturated heterocycles. The lowest BCUT2D eigenvalue weighted by Crippen LogP contribution is -2.23. The second kappa shape index (κ2) is 6.12. The van der Waals surface area contributed by atoms with E-state index in [2.05, 4.69) is 36.9 Å². The van der Waals surface area contributed by atoms with Crippen molar-refractivity contribution in [2.45, 2.75) is 6.54 Å². The van der Waals surface area contributed by atoms with Crippen molar-refractivity contribution in [1.29, 1.82) is 0 Å². The van der Waals surface area contributed by atoms with E-state index in [0.717, 1.165) is 16.3 Å². The summed E-state index contributed by atoms with van der Waals surface area (Å²) < 4.78 is 0.864. The van der Waals surface area contributed by atoms with Crippen LogP contribution >= 0.6 is 27.7 Å². The van der Waals surface area contributed by atoms with Crippen LogP contribution in [0.15, 0.2) is 27.9 Å². The number of rotatable bonds is 2. The second-order valence-corrected chi connectivity index (χ2v) is 4.64. The molecule has 0 fully saturated rings. The Morgan fingerprint density at radius 3 is 2.80 bits per heavy atom. The monoisotopic (exact) mass is 287 g/mol. The van der Waals surface area contributed by atoms with Crippen LogP contribution in [0.25, 0.3) is 0 Å². The largest absolute Gasteiger partial charge is 0.350 e. The fourth-order valence-corrected chi connectivity index (χ4v) is 2.05. The first-order valence-electron chi connectivity index (χ1n) is 4.49. The topological polar surface area (TPSA) is 28.5 Å². The van der Waals surface area contributed by atoms with Gasteiger partial charge in [-0.1, -0.05) is 17.8 Å². The number of aromatic nitrogens is 1. The minimum atomic E-state index is 0.827. The van der Waals surface area contributed by atoms with E-state index in [9.17, 15) is 0 Å². The summed E-state index contributed by atoms with van der Waals surface area (Å²) in [6.07, 6.45) is 3.90. The molecule has 1 heterocycles. The van der Waals surface area contributed by atoms with E-state index in [1.165, 1.54) is 5.56 Å². The Hall–Kier alpha value is -0.550. The van der Waals surface area contributed by atoms with Gasteiger partial charge in [0, 0.05) is 26.8 Å². The van der Waals surface area contributed by atoms with Gasteiger partial charge in [0.1, 0.15) is 4.60 Å². The fourth-order valence-electron chi connectivity index (χ4n) is 1.26. The molecule has 1 aromatic rings. The second-order valence-electron chi connectivity index (χ2n) is 3.06. The predicted octanol–water partition coefficient (Wildman–Crippen LogP) is 2.62. The van der Waals surface area contributed by atoms with Gasteiger partial charge in [-0.2, -0.15) is 0 Å². The van der Waals surface area contributed by atoms with E-state index in [4.69, 9.17) is 0 Å². The first kappa shape index (κ1) is 12.5. The van der Waals surface area contributed by atoms with Crippen molar-refractivity contribution in [2.75, 3.05) is 20.4 Å². The van der Waals surface area contributed by atoms with Gasteiger partial charge in [-0.3, -0.25) is 4.99 Å². The molecule has 0 aliphatic rings. The number of thioether (sulfide) groups is 1. The van der Waals surface area contributed by atoms with Crippen LogP contribution in [-0.4, -0.2) is 35.4 Å². The SMILES string of the molecule is C/N=C(\SC)N(C)Cc1ccc(Br)nc1. The normalized spacial score (nSPS) is 11.6. The van der Waals surface area contributed by atoms with Gasteiger partial charge < -0.3 is 4.90 Å². The van der Waals surface area contributed by atoms with Crippen molar-refractivity contribution in [3.63, 3.8) is 0 Å². The van der Waals surface area contributed by atoms with Crippen LogP contribution in [0.4, 0.5) is 0 Å². The van der Waals surface area contributed by atoms with E-state index >= 15 is 0 Å². The quantitative estimate of drug-likeness (QED) is 0.476. The Kier molecular flexibility index (Phi) is 5.11. The molecule has 0 saturated carbocycles. The smallest absolute Gasteiger partial charge is 0.158 e. The molecule has 1 rings (SSSR count). The average Bonchev–Trinajstić information content (AvgIpc) is 2.23. The average molecular weight is 288 g/mol. The zero-order valence-electron chi connectivity index (χ0n) is 9.07. The van der Waals surface area contributed by atoms with Crippen LogP contribution in [-0.2, 0) is 6.54 Å². The molecule has 0 bridgehead atoms. The molecule has 0 amide bonds. The van der Waals surface area contributed by atoms with E-state index < -0.39 is 0 Å². The summed E-state index contributed by atoms with van der Waals surface area (Å²) in [7, 11) is 3.84. The highest BCUT2D eigenvalue weighted by Gasteiger charge is 2.04. The summed E-state index contributed by atoms with van der Waals surface area (Å²) in [6.45, 7) is 0.827. The molecule has 0 unspecified atom stereocenters. The van der Waals surface area contributed by atoms with Crippen LogP contribution in [0.5, 0.6) is 0 Å². The summed E-state index contributed by atoms with van der Waals surface area (Å²) in [5, 5.41) is 1.03. The molecule has 0 aromatic carbocycles. The van der Waals surface area contributed by atoms with Crippen molar-refractivity contribution in [1.82, 2.24) is 9.88 Å². The zero-order chi connectivity index (χ0) is 11.3. The fraction of sp³-hybridized carbons (Fsp3) is 0.400. The van der Waals surface area contributed by atoms with Gasteiger partial charge >= 0.3 is 0 Å². The Morgan fingerprint density at radius 2 is 2.33 bits per heavy atom. The Morgan fingerprint density at radius 1 is 1.60 bits per heavy atom. The van der Waals surface area contributed by atoms with Crippen molar-refractivity contribution in [2.24, 2.45) is 4.99 Å². The van der Waals surface area contributed by atoms with Crippen molar-refractivity contribution >= 4 is 32.9 Å². The minimum Gasteiger partial charge on any atom is -0.350 e. The third-order valence-corrected chi connectivity index (χ3v) is 3.24.